The number of rotatable bonds is 7. The number of hydrogen-bond donors (Lipinski definition) is 1. The summed E-state index contributed by atoms with van der Waals surface area (Å²) in [5, 5.41) is 2.84. The maximum Gasteiger partial charge on any atom is 0.250 e. The molecule has 1 aromatic carbocycles. The van der Waals surface area contributed by atoms with Gasteiger partial charge in [0.1, 0.15) is 6.61 Å². The highest BCUT2D eigenvalue weighted by Crippen LogP contribution is 2.30. The van der Waals surface area contributed by atoms with Crippen molar-refractivity contribution in [3.05, 3.63) is 23.8 Å². The number of anilines is 2. The number of hydrogen-bond acceptors (Lipinski definition) is 3. The van der Waals surface area contributed by atoms with Crippen molar-refractivity contribution in [2.75, 3.05) is 30.0 Å². The second-order valence-electron chi connectivity index (χ2n) is 6.26. The number of carbonyl (C=O) groups excluding carboxylic acids is 2. The van der Waals surface area contributed by atoms with Crippen LogP contribution in [0.3, 0.4) is 0 Å². The van der Waals surface area contributed by atoms with Crippen LogP contribution >= 0.6 is 0 Å². The molecular weight excluding hydrogens is 292 g/mol. The molecule has 2 amide bonds. The number of nitrogens with one attached hydrogen (secondary N) is 1. The molecule has 0 aromatic heterocycles. The monoisotopic (exact) mass is 318 g/mol. The second kappa shape index (κ2) is 8.11. The Kier molecular flexibility index (Phi) is 6.16. The number of aryl methyl sites for hydroxylation is 1. The average molecular weight is 318 g/mol. The lowest BCUT2D eigenvalue weighted by Crippen LogP contribution is -2.36. The molecule has 0 aliphatic carbocycles. The van der Waals surface area contributed by atoms with E-state index in [2.05, 4.69) is 19.2 Å². The average Bonchev–Trinajstić information content (AvgIpc) is 2.52. The Morgan fingerprint density at radius 1 is 1.35 bits per heavy atom. The van der Waals surface area contributed by atoms with E-state index in [9.17, 15) is 9.59 Å². The second-order valence-corrected chi connectivity index (χ2v) is 6.26. The molecule has 2 rings (SSSR count). The highest BCUT2D eigenvalue weighted by atomic mass is 16.5. The minimum absolute atomic E-state index is 0.0621. The van der Waals surface area contributed by atoms with Crippen molar-refractivity contribution in [1.82, 2.24) is 0 Å². The molecule has 0 bridgehead atoms. The van der Waals surface area contributed by atoms with Crippen molar-refractivity contribution in [2.24, 2.45) is 5.92 Å². The molecule has 1 heterocycles. The number of amides is 2. The summed E-state index contributed by atoms with van der Waals surface area (Å²) < 4.78 is 5.10. The lowest BCUT2D eigenvalue weighted by atomic mass is 9.99. The number of fused-ring (bicyclic) bond motifs is 1. The fourth-order valence-corrected chi connectivity index (χ4v) is 2.66. The van der Waals surface area contributed by atoms with E-state index in [0.717, 1.165) is 36.3 Å². The normalized spacial score (nSPS) is 14.1. The van der Waals surface area contributed by atoms with E-state index in [4.69, 9.17) is 4.74 Å². The van der Waals surface area contributed by atoms with E-state index in [0.29, 0.717) is 18.9 Å². The van der Waals surface area contributed by atoms with Gasteiger partial charge in [0.15, 0.2) is 0 Å². The lowest BCUT2D eigenvalue weighted by Gasteiger charge is -2.30. The van der Waals surface area contributed by atoms with Crippen molar-refractivity contribution in [2.45, 2.75) is 40.0 Å². The standard InChI is InChI=1S/C18H26N2O3/c1-4-23-12-17(21)19-15-6-7-16-14(11-15)5-8-18(22)20(16)10-9-13(2)3/h6-7,11,13H,4-5,8-10,12H2,1-3H3,(H,19,21). The van der Waals surface area contributed by atoms with Crippen molar-refractivity contribution in [3.63, 3.8) is 0 Å². The molecule has 0 spiro atoms. The predicted molar refractivity (Wildman–Crippen MR) is 91.7 cm³/mol. The molecule has 1 aliphatic rings. The lowest BCUT2D eigenvalue weighted by molar-refractivity contribution is -0.120. The van der Waals surface area contributed by atoms with Crippen molar-refractivity contribution < 1.29 is 14.3 Å². The van der Waals surface area contributed by atoms with Gasteiger partial charge in [-0.2, -0.15) is 0 Å². The van der Waals surface area contributed by atoms with Gasteiger partial charge in [0.2, 0.25) is 11.8 Å². The minimum atomic E-state index is -0.157. The molecule has 1 N–H and O–H groups in total. The summed E-state index contributed by atoms with van der Waals surface area (Å²) in [6, 6.07) is 5.75. The van der Waals surface area contributed by atoms with Crippen LogP contribution in [-0.4, -0.2) is 31.6 Å². The van der Waals surface area contributed by atoms with Crippen LogP contribution in [0.2, 0.25) is 0 Å². The number of nitrogens with zero attached hydrogens (tertiary/aromatic N) is 1. The molecule has 0 fully saturated rings. The topological polar surface area (TPSA) is 58.6 Å². The Labute approximate surface area is 138 Å². The predicted octanol–water partition coefficient (Wildman–Crippen LogP) is 2.99. The van der Waals surface area contributed by atoms with Crippen LogP contribution in [0.4, 0.5) is 11.4 Å². The van der Waals surface area contributed by atoms with Gasteiger partial charge in [0.25, 0.3) is 0 Å². The minimum Gasteiger partial charge on any atom is -0.372 e. The van der Waals surface area contributed by atoms with Crippen LogP contribution in [0.25, 0.3) is 0 Å². The molecule has 0 saturated carbocycles. The van der Waals surface area contributed by atoms with E-state index < -0.39 is 0 Å². The van der Waals surface area contributed by atoms with Crippen LogP contribution in [0.1, 0.15) is 39.2 Å². The highest BCUT2D eigenvalue weighted by molar-refractivity contribution is 5.97. The van der Waals surface area contributed by atoms with E-state index in [1.165, 1.54) is 0 Å². The molecule has 5 heteroatoms. The molecule has 0 atom stereocenters. The summed E-state index contributed by atoms with van der Waals surface area (Å²) >= 11 is 0. The zero-order valence-corrected chi connectivity index (χ0v) is 14.2. The summed E-state index contributed by atoms with van der Waals surface area (Å²) in [5.74, 6) is 0.590. The van der Waals surface area contributed by atoms with Gasteiger partial charge in [-0.15, -0.1) is 0 Å². The van der Waals surface area contributed by atoms with Crippen molar-refractivity contribution in [3.8, 4) is 0 Å². The Morgan fingerprint density at radius 2 is 2.13 bits per heavy atom. The molecule has 23 heavy (non-hydrogen) atoms. The van der Waals surface area contributed by atoms with E-state index in [1.807, 2.05) is 30.0 Å². The maximum atomic E-state index is 12.2. The molecule has 1 aromatic rings. The van der Waals surface area contributed by atoms with Crippen molar-refractivity contribution >= 4 is 23.2 Å². The summed E-state index contributed by atoms with van der Waals surface area (Å²) in [4.78, 5) is 25.8. The highest BCUT2D eigenvalue weighted by Gasteiger charge is 2.24. The van der Waals surface area contributed by atoms with Crippen LogP contribution in [0.5, 0.6) is 0 Å². The first-order chi connectivity index (χ1) is 11.0. The quantitative estimate of drug-likeness (QED) is 0.841. The first-order valence-electron chi connectivity index (χ1n) is 8.32. The first kappa shape index (κ1) is 17.5. The SMILES string of the molecule is CCOCC(=O)Nc1ccc2c(c1)CCC(=O)N2CCC(C)C. The Hall–Kier alpha value is -1.88. The Bertz CT molecular complexity index is 569. The van der Waals surface area contributed by atoms with E-state index in [-0.39, 0.29) is 18.4 Å². The molecule has 0 saturated heterocycles. The Balaban J connectivity index is 2.10. The molecule has 0 unspecified atom stereocenters. The van der Waals surface area contributed by atoms with Gasteiger partial charge in [0.05, 0.1) is 0 Å². The fourth-order valence-electron chi connectivity index (χ4n) is 2.66. The summed E-state index contributed by atoms with van der Waals surface area (Å²) in [6.45, 7) is 7.50. The summed E-state index contributed by atoms with van der Waals surface area (Å²) in [7, 11) is 0. The van der Waals surface area contributed by atoms with Gasteiger partial charge in [-0.3, -0.25) is 9.59 Å². The van der Waals surface area contributed by atoms with Gasteiger partial charge in [0, 0.05) is 30.9 Å². The number of ether oxygens (including phenoxy) is 1. The fraction of sp³-hybridized carbons (Fsp3) is 0.556. The van der Waals surface area contributed by atoms with E-state index >= 15 is 0 Å². The third-order valence-corrected chi connectivity index (χ3v) is 3.93. The summed E-state index contributed by atoms with van der Waals surface area (Å²) in [6.07, 6.45) is 2.24. The van der Waals surface area contributed by atoms with Crippen LogP contribution in [-0.2, 0) is 20.7 Å². The smallest absolute Gasteiger partial charge is 0.250 e. The van der Waals surface area contributed by atoms with E-state index in [1.54, 1.807) is 0 Å². The molecule has 0 radical (unpaired) electrons. The zero-order valence-electron chi connectivity index (χ0n) is 14.2. The molecular formula is C18H26N2O3. The van der Waals surface area contributed by atoms with Crippen LogP contribution in [0.15, 0.2) is 18.2 Å². The zero-order chi connectivity index (χ0) is 16.8. The maximum absolute atomic E-state index is 12.2. The van der Waals surface area contributed by atoms with Crippen LogP contribution < -0.4 is 10.2 Å². The molecule has 5 nitrogen and oxygen atoms in total. The van der Waals surface area contributed by atoms with Gasteiger partial charge in [-0.25, -0.2) is 0 Å². The molecule has 1 aliphatic heterocycles. The number of benzene rings is 1. The van der Waals surface area contributed by atoms with Crippen LogP contribution in [0, 0.1) is 5.92 Å². The van der Waals surface area contributed by atoms with Gasteiger partial charge >= 0.3 is 0 Å². The van der Waals surface area contributed by atoms with Gasteiger partial charge in [-0.05, 0) is 49.4 Å². The molecule has 126 valence electrons. The third kappa shape index (κ3) is 4.79. The van der Waals surface area contributed by atoms with Gasteiger partial charge in [-0.1, -0.05) is 13.8 Å². The Morgan fingerprint density at radius 3 is 2.83 bits per heavy atom. The van der Waals surface area contributed by atoms with Crippen molar-refractivity contribution in [1.29, 1.82) is 0 Å². The number of carbonyl (C=O) groups is 2. The largest absolute Gasteiger partial charge is 0.372 e. The third-order valence-electron chi connectivity index (χ3n) is 3.93. The first-order valence-corrected chi connectivity index (χ1v) is 8.32. The van der Waals surface area contributed by atoms with Gasteiger partial charge < -0.3 is 15.0 Å². The summed E-state index contributed by atoms with van der Waals surface area (Å²) in [5.41, 5.74) is 2.85.